The third-order valence-corrected chi connectivity index (χ3v) is 6.18. The van der Waals surface area contributed by atoms with E-state index in [-0.39, 0.29) is 5.56 Å². The average molecular weight is 471 g/mol. The second-order valence-electron chi connectivity index (χ2n) is 8.04. The van der Waals surface area contributed by atoms with Gasteiger partial charge in [0.1, 0.15) is 11.5 Å². The van der Waals surface area contributed by atoms with Crippen molar-refractivity contribution in [3.63, 3.8) is 0 Å². The largest absolute Gasteiger partial charge is 0.497 e. The minimum atomic E-state index is -0.111. The van der Waals surface area contributed by atoms with Crippen LogP contribution in [0, 0.1) is 0 Å². The zero-order valence-electron chi connectivity index (χ0n) is 18.8. The number of morpholine rings is 1. The number of fused-ring (bicyclic) bond motifs is 1. The summed E-state index contributed by atoms with van der Waals surface area (Å²) in [5.74, 6) is 1.56. The lowest BCUT2D eigenvalue weighted by Crippen LogP contribution is -2.42. The van der Waals surface area contributed by atoms with Crippen LogP contribution in [0.1, 0.15) is 17.7 Å². The van der Waals surface area contributed by atoms with Gasteiger partial charge in [0.05, 0.1) is 39.7 Å². The van der Waals surface area contributed by atoms with Gasteiger partial charge in [-0.15, -0.1) is 0 Å². The number of furan rings is 1. The van der Waals surface area contributed by atoms with Crippen molar-refractivity contribution in [2.45, 2.75) is 19.5 Å². The lowest BCUT2D eigenvalue weighted by molar-refractivity contribution is 0.0367. The summed E-state index contributed by atoms with van der Waals surface area (Å²) in [5, 5.41) is 4.79. The van der Waals surface area contributed by atoms with Gasteiger partial charge < -0.3 is 29.1 Å². The minimum Gasteiger partial charge on any atom is -0.497 e. The van der Waals surface area contributed by atoms with Crippen molar-refractivity contribution in [3.05, 3.63) is 64.3 Å². The molecule has 4 rings (SSSR count). The van der Waals surface area contributed by atoms with Gasteiger partial charge in [-0.3, -0.25) is 9.69 Å². The number of H-pyrrole nitrogens is 1. The topological polar surface area (TPSA) is 83.0 Å². The van der Waals surface area contributed by atoms with Gasteiger partial charge in [0.2, 0.25) is 0 Å². The van der Waals surface area contributed by atoms with Crippen molar-refractivity contribution in [1.29, 1.82) is 0 Å². The van der Waals surface area contributed by atoms with Crippen molar-refractivity contribution < 1.29 is 13.9 Å². The van der Waals surface area contributed by atoms with Crippen LogP contribution in [-0.2, 0) is 17.8 Å². The SMILES string of the molecule is COc1ccc2[nH]c(=O)c(CN(CCCN3CCOCC3)C(=S)NCc3ccco3)cc2c1. The summed E-state index contributed by atoms with van der Waals surface area (Å²) in [6, 6.07) is 11.3. The summed E-state index contributed by atoms with van der Waals surface area (Å²) in [7, 11) is 1.63. The van der Waals surface area contributed by atoms with Crippen LogP contribution >= 0.6 is 12.2 Å². The lowest BCUT2D eigenvalue weighted by atomic mass is 10.1. The molecular weight excluding hydrogens is 440 g/mol. The molecule has 0 bridgehead atoms. The normalized spacial score (nSPS) is 14.3. The highest BCUT2D eigenvalue weighted by Gasteiger charge is 2.16. The Morgan fingerprint density at radius 3 is 2.88 bits per heavy atom. The summed E-state index contributed by atoms with van der Waals surface area (Å²) in [4.78, 5) is 20.2. The molecule has 0 aliphatic carbocycles. The van der Waals surface area contributed by atoms with E-state index in [0.29, 0.717) is 23.8 Å². The Balaban J connectivity index is 1.47. The van der Waals surface area contributed by atoms with Crippen LogP contribution in [-0.4, -0.2) is 66.4 Å². The maximum atomic E-state index is 12.8. The van der Waals surface area contributed by atoms with Crippen LogP contribution in [0.15, 0.2) is 51.9 Å². The average Bonchev–Trinajstić information content (AvgIpc) is 3.36. The molecule has 0 amide bonds. The Morgan fingerprint density at radius 2 is 2.12 bits per heavy atom. The Hall–Kier alpha value is -2.88. The van der Waals surface area contributed by atoms with E-state index in [2.05, 4.69) is 20.1 Å². The molecule has 1 fully saturated rings. The van der Waals surface area contributed by atoms with E-state index >= 15 is 0 Å². The van der Waals surface area contributed by atoms with Crippen molar-refractivity contribution >= 4 is 28.2 Å². The van der Waals surface area contributed by atoms with E-state index in [9.17, 15) is 4.79 Å². The molecule has 8 nitrogen and oxygen atoms in total. The second kappa shape index (κ2) is 11.3. The summed E-state index contributed by atoms with van der Waals surface area (Å²) in [6.45, 7) is 6.07. The van der Waals surface area contributed by atoms with Gasteiger partial charge in [0.25, 0.3) is 5.56 Å². The molecular formula is C24H30N4O4S. The Kier molecular flexibility index (Phi) is 7.98. The number of ether oxygens (including phenoxy) is 2. The van der Waals surface area contributed by atoms with Gasteiger partial charge in [0.15, 0.2) is 5.11 Å². The van der Waals surface area contributed by atoms with Crippen LogP contribution < -0.4 is 15.6 Å². The number of pyridine rings is 1. The van der Waals surface area contributed by atoms with Crippen LogP contribution in [0.3, 0.4) is 0 Å². The standard InChI is InChI=1S/C24H30N4O4S/c1-30-20-5-6-22-18(15-20)14-19(23(29)26-22)17-28(8-3-7-27-9-12-31-13-10-27)24(33)25-16-21-4-2-11-32-21/h2,4-6,11,14-15H,3,7-10,12-13,16-17H2,1H3,(H,25,33)(H,26,29). The van der Waals surface area contributed by atoms with Gasteiger partial charge in [0, 0.05) is 42.6 Å². The van der Waals surface area contributed by atoms with E-state index in [0.717, 1.165) is 68.2 Å². The van der Waals surface area contributed by atoms with Crippen molar-refractivity contribution in [2.24, 2.45) is 0 Å². The molecule has 1 aliphatic rings. The number of nitrogens with one attached hydrogen (secondary N) is 2. The summed E-state index contributed by atoms with van der Waals surface area (Å²) < 4.78 is 16.2. The van der Waals surface area contributed by atoms with Crippen LogP contribution in [0.2, 0.25) is 0 Å². The number of methoxy groups -OCH3 is 1. The fourth-order valence-electron chi connectivity index (χ4n) is 3.93. The fourth-order valence-corrected chi connectivity index (χ4v) is 4.16. The maximum absolute atomic E-state index is 12.8. The molecule has 3 heterocycles. The Morgan fingerprint density at radius 1 is 1.27 bits per heavy atom. The Labute approximate surface area is 198 Å². The third-order valence-electron chi connectivity index (χ3n) is 5.78. The van der Waals surface area contributed by atoms with Crippen molar-refractivity contribution in [2.75, 3.05) is 46.5 Å². The van der Waals surface area contributed by atoms with Gasteiger partial charge in [-0.1, -0.05) is 0 Å². The number of rotatable bonds is 9. The number of thiocarbonyl (C=S) groups is 1. The first kappa shape index (κ1) is 23.3. The highest BCUT2D eigenvalue weighted by Crippen LogP contribution is 2.19. The van der Waals surface area contributed by atoms with Gasteiger partial charge in [-0.05, 0) is 55.0 Å². The fraction of sp³-hybridized carbons (Fsp3) is 0.417. The predicted molar refractivity (Wildman–Crippen MR) is 132 cm³/mol. The molecule has 0 unspecified atom stereocenters. The summed E-state index contributed by atoms with van der Waals surface area (Å²) in [6.07, 6.45) is 2.57. The van der Waals surface area contributed by atoms with E-state index in [1.807, 2.05) is 36.4 Å². The van der Waals surface area contributed by atoms with Crippen LogP contribution in [0.4, 0.5) is 0 Å². The molecule has 1 aromatic carbocycles. The first-order valence-electron chi connectivity index (χ1n) is 11.2. The molecule has 1 saturated heterocycles. The minimum absolute atomic E-state index is 0.111. The predicted octanol–water partition coefficient (Wildman–Crippen LogP) is 2.73. The molecule has 9 heteroatoms. The molecule has 33 heavy (non-hydrogen) atoms. The van der Waals surface area contributed by atoms with E-state index in [1.165, 1.54) is 0 Å². The van der Waals surface area contributed by atoms with Gasteiger partial charge in [-0.2, -0.15) is 0 Å². The quantitative estimate of drug-likeness (QED) is 0.462. The number of aromatic nitrogens is 1. The smallest absolute Gasteiger partial charge is 0.253 e. The number of hydrogen-bond donors (Lipinski definition) is 2. The molecule has 176 valence electrons. The number of aromatic amines is 1. The van der Waals surface area contributed by atoms with Crippen LogP contribution in [0.25, 0.3) is 10.9 Å². The molecule has 0 radical (unpaired) electrons. The number of hydrogen-bond acceptors (Lipinski definition) is 6. The summed E-state index contributed by atoms with van der Waals surface area (Å²) >= 11 is 5.70. The van der Waals surface area contributed by atoms with E-state index < -0.39 is 0 Å². The second-order valence-corrected chi connectivity index (χ2v) is 8.43. The molecule has 0 saturated carbocycles. The lowest BCUT2D eigenvalue weighted by Gasteiger charge is -2.29. The van der Waals surface area contributed by atoms with Gasteiger partial charge >= 0.3 is 0 Å². The van der Waals surface area contributed by atoms with Crippen LogP contribution in [0.5, 0.6) is 5.75 Å². The summed E-state index contributed by atoms with van der Waals surface area (Å²) in [5.41, 5.74) is 1.32. The highest BCUT2D eigenvalue weighted by atomic mass is 32.1. The van der Waals surface area contributed by atoms with Gasteiger partial charge in [-0.25, -0.2) is 0 Å². The van der Waals surface area contributed by atoms with Crippen molar-refractivity contribution in [3.8, 4) is 5.75 Å². The zero-order chi connectivity index (χ0) is 23.0. The third kappa shape index (κ3) is 6.34. The molecule has 1 aliphatic heterocycles. The zero-order valence-corrected chi connectivity index (χ0v) is 19.7. The first-order chi connectivity index (χ1) is 16.1. The van der Waals surface area contributed by atoms with Crippen molar-refractivity contribution in [1.82, 2.24) is 20.1 Å². The molecule has 2 N–H and O–H groups in total. The first-order valence-corrected chi connectivity index (χ1v) is 11.6. The molecule has 3 aromatic rings. The van der Waals surface area contributed by atoms with E-state index in [4.69, 9.17) is 26.1 Å². The number of nitrogens with zero attached hydrogens (tertiary/aromatic N) is 2. The maximum Gasteiger partial charge on any atom is 0.253 e. The highest BCUT2D eigenvalue weighted by molar-refractivity contribution is 7.80. The molecule has 0 atom stereocenters. The monoisotopic (exact) mass is 470 g/mol. The molecule has 0 spiro atoms. The van der Waals surface area contributed by atoms with E-state index in [1.54, 1.807) is 13.4 Å². The Bertz CT molecular complexity index is 1110. The number of benzene rings is 1. The molecule has 2 aromatic heterocycles.